The Kier molecular flexibility index (Phi) is 1.35. The van der Waals surface area contributed by atoms with Gasteiger partial charge in [0.2, 0.25) is 0 Å². The monoisotopic (exact) mass is 156 g/mol. The minimum Gasteiger partial charge on any atom is -0.344 e. The van der Waals surface area contributed by atoms with Gasteiger partial charge in [0, 0.05) is 12.8 Å². The molecule has 11 heavy (non-hydrogen) atoms. The molecule has 62 valence electrons. The number of carbonyl (C=O) groups excluding carboxylic acids is 1. The van der Waals surface area contributed by atoms with E-state index in [1.54, 1.807) is 0 Å². The highest BCUT2D eigenvalue weighted by Crippen LogP contribution is 2.36. The van der Waals surface area contributed by atoms with E-state index in [4.69, 9.17) is 9.47 Å². The fourth-order valence-electron chi connectivity index (χ4n) is 1.73. The van der Waals surface area contributed by atoms with E-state index in [-0.39, 0.29) is 18.2 Å². The molecule has 2 saturated heterocycles. The molecule has 0 saturated carbocycles. The maximum Gasteiger partial charge on any atom is 0.164 e. The fourth-order valence-corrected chi connectivity index (χ4v) is 1.73. The summed E-state index contributed by atoms with van der Waals surface area (Å²) >= 11 is 0. The van der Waals surface area contributed by atoms with Crippen LogP contribution in [0.5, 0.6) is 0 Å². The van der Waals surface area contributed by atoms with E-state index in [9.17, 15) is 4.79 Å². The number of hydrogen-bond donors (Lipinski definition) is 0. The van der Waals surface area contributed by atoms with Gasteiger partial charge < -0.3 is 9.47 Å². The number of Topliss-reactive ketones (excluding diaryl/α,β-unsaturated/α-hetero) is 1. The predicted octanol–water partition coefficient (Wildman–Crippen LogP) is 0.869. The van der Waals surface area contributed by atoms with Crippen LogP contribution in [-0.2, 0) is 14.3 Å². The van der Waals surface area contributed by atoms with Crippen LogP contribution in [0.15, 0.2) is 0 Å². The average molecular weight is 156 g/mol. The third kappa shape index (κ3) is 0.993. The Morgan fingerprint density at radius 1 is 1.55 bits per heavy atom. The van der Waals surface area contributed by atoms with Gasteiger partial charge in [-0.15, -0.1) is 0 Å². The van der Waals surface area contributed by atoms with Crippen molar-refractivity contribution in [1.29, 1.82) is 0 Å². The summed E-state index contributed by atoms with van der Waals surface area (Å²) in [5.74, 6) is 0.184. The molecule has 2 aliphatic rings. The zero-order valence-electron chi connectivity index (χ0n) is 6.79. The molecule has 2 unspecified atom stereocenters. The van der Waals surface area contributed by atoms with Gasteiger partial charge in [-0.05, 0) is 13.8 Å². The highest BCUT2D eigenvalue weighted by Gasteiger charge is 2.49. The Morgan fingerprint density at radius 2 is 2.27 bits per heavy atom. The number of carbonyl (C=O) groups is 1. The van der Waals surface area contributed by atoms with Crippen LogP contribution in [0.25, 0.3) is 0 Å². The van der Waals surface area contributed by atoms with Gasteiger partial charge >= 0.3 is 0 Å². The molecule has 2 atom stereocenters. The fraction of sp³-hybridized carbons (Fsp3) is 0.875. The van der Waals surface area contributed by atoms with Crippen molar-refractivity contribution in [1.82, 2.24) is 0 Å². The van der Waals surface area contributed by atoms with Gasteiger partial charge in [0.05, 0.1) is 5.60 Å². The van der Waals surface area contributed by atoms with Crippen LogP contribution in [0.2, 0.25) is 0 Å². The SMILES string of the molecule is CC1(C)OC2CCC(=O)C1O2. The summed E-state index contributed by atoms with van der Waals surface area (Å²) in [6.45, 7) is 3.81. The molecular weight excluding hydrogens is 144 g/mol. The molecule has 0 N–H and O–H groups in total. The highest BCUT2D eigenvalue weighted by molar-refractivity contribution is 5.85. The third-order valence-electron chi connectivity index (χ3n) is 2.27. The summed E-state index contributed by atoms with van der Waals surface area (Å²) < 4.78 is 10.9. The Balaban J connectivity index is 2.26. The summed E-state index contributed by atoms with van der Waals surface area (Å²) in [4.78, 5) is 11.3. The van der Waals surface area contributed by atoms with Crippen molar-refractivity contribution < 1.29 is 14.3 Å². The third-order valence-corrected chi connectivity index (χ3v) is 2.27. The van der Waals surface area contributed by atoms with Crippen LogP contribution in [0.1, 0.15) is 26.7 Å². The van der Waals surface area contributed by atoms with Crippen molar-refractivity contribution in [3.8, 4) is 0 Å². The van der Waals surface area contributed by atoms with Crippen LogP contribution in [0.3, 0.4) is 0 Å². The van der Waals surface area contributed by atoms with Crippen molar-refractivity contribution >= 4 is 5.78 Å². The number of ketones is 1. The van der Waals surface area contributed by atoms with E-state index in [1.165, 1.54) is 0 Å². The normalized spacial score (nSPS) is 41.1. The second-order valence-electron chi connectivity index (χ2n) is 3.67. The molecule has 3 heteroatoms. The van der Waals surface area contributed by atoms with Gasteiger partial charge in [-0.2, -0.15) is 0 Å². The van der Waals surface area contributed by atoms with Crippen molar-refractivity contribution in [2.75, 3.05) is 0 Å². The lowest BCUT2D eigenvalue weighted by molar-refractivity contribution is -0.141. The molecule has 0 aromatic rings. The van der Waals surface area contributed by atoms with E-state index in [2.05, 4.69) is 0 Å². The van der Waals surface area contributed by atoms with Crippen LogP contribution >= 0.6 is 0 Å². The van der Waals surface area contributed by atoms with Gasteiger partial charge in [-0.3, -0.25) is 4.79 Å². The maximum atomic E-state index is 11.3. The van der Waals surface area contributed by atoms with E-state index in [0.29, 0.717) is 6.42 Å². The first-order valence-corrected chi connectivity index (χ1v) is 3.95. The average Bonchev–Trinajstić information content (AvgIpc) is 2.15. The molecule has 0 radical (unpaired) electrons. The maximum absolute atomic E-state index is 11.3. The lowest BCUT2D eigenvalue weighted by atomic mass is 9.96. The predicted molar refractivity (Wildman–Crippen MR) is 38.1 cm³/mol. The molecule has 0 aromatic carbocycles. The Bertz CT molecular complexity index is 198. The van der Waals surface area contributed by atoms with Crippen molar-refractivity contribution in [2.24, 2.45) is 0 Å². The van der Waals surface area contributed by atoms with Crippen molar-refractivity contribution in [2.45, 2.75) is 44.7 Å². The number of rotatable bonds is 0. The second kappa shape index (κ2) is 2.05. The molecule has 2 aliphatic heterocycles. The minimum atomic E-state index is -0.405. The number of ether oxygens (including phenoxy) is 2. The van der Waals surface area contributed by atoms with Crippen molar-refractivity contribution in [3.05, 3.63) is 0 Å². The van der Waals surface area contributed by atoms with E-state index < -0.39 is 5.60 Å². The summed E-state index contributed by atoms with van der Waals surface area (Å²) in [7, 11) is 0. The first kappa shape index (κ1) is 7.25. The molecule has 2 bridgehead atoms. The largest absolute Gasteiger partial charge is 0.344 e. The summed E-state index contributed by atoms with van der Waals surface area (Å²) in [5, 5.41) is 0. The second-order valence-corrected chi connectivity index (χ2v) is 3.67. The summed E-state index contributed by atoms with van der Waals surface area (Å²) in [5.41, 5.74) is -0.405. The summed E-state index contributed by atoms with van der Waals surface area (Å²) in [6.07, 6.45) is 0.881. The highest BCUT2D eigenvalue weighted by atomic mass is 16.7. The molecule has 3 nitrogen and oxygen atoms in total. The molecule has 2 heterocycles. The number of hydrogen-bond acceptors (Lipinski definition) is 3. The zero-order valence-corrected chi connectivity index (χ0v) is 6.79. The molecule has 2 fully saturated rings. The molecule has 0 amide bonds. The smallest absolute Gasteiger partial charge is 0.164 e. The van der Waals surface area contributed by atoms with Crippen LogP contribution in [-0.4, -0.2) is 23.8 Å². The van der Waals surface area contributed by atoms with Gasteiger partial charge in [0.25, 0.3) is 0 Å². The molecule has 2 rings (SSSR count). The van der Waals surface area contributed by atoms with Gasteiger partial charge in [0.1, 0.15) is 6.10 Å². The Morgan fingerprint density at radius 3 is 2.91 bits per heavy atom. The van der Waals surface area contributed by atoms with Crippen LogP contribution < -0.4 is 0 Å². The topological polar surface area (TPSA) is 35.5 Å². The van der Waals surface area contributed by atoms with Gasteiger partial charge in [-0.25, -0.2) is 0 Å². The molecular formula is C8H12O3. The quantitative estimate of drug-likeness (QED) is 0.522. The van der Waals surface area contributed by atoms with E-state index in [0.717, 1.165) is 6.42 Å². The Labute approximate surface area is 65.7 Å². The van der Waals surface area contributed by atoms with E-state index in [1.807, 2.05) is 13.8 Å². The van der Waals surface area contributed by atoms with E-state index >= 15 is 0 Å². The van der Waals surface area contributed by atoms with Crippen molar-refractivity contribution in [3.63, 3.8) is 0 Å². The first-order chi connectivity index (χ1) is 5.09. The molecule has 0 spiro atoms. The minimum absolute atomic E-state index is 0.132. The molecule has 0 aliphatic carbocycles. The standard InChI is InChI=1S/C8H12O3/c1-8(2)7-5(9)3-4-6(10-7)11-8/h6-7H,3-4H2,1-2H3. The zero-order chi connectivity index (χ0) is 8.06. The summed E-state index contributed by atoms with van der Waals surface area (Å²) in [6, 6.07) is 0. The Hall–Kier alpha value is -0.410. The van der Waals surface area contributed by atoms with Gasteiger partial charge in [-0.1, -0.05) is 0 Å². The molecule has 0 aromatic heterocycles. The number of fused-ring (bicyclic) bond motifs is 2. The van der Waals surface area contributed by atoms with Crippen LogP contribution in [0, 0.1) is 0 Å². The first-order valence-electron chi connectivity index (χ1n) is 3.95. The van der Waals surface area contributed by atoms with Crippen LogP contribution in [0.4, 0.5) is 0 Å². The lowest BCUT2D eigenvalue weighted by Gasteiger charge is -2.21. The lowest BCUT2D eigenvalue weighted by Crippen LogP contribution is -2.39. The van der Waals surface area contributed by atoms with Gasteiger partial charge in [0.15, 0.2) is 12.1 Å².